The standard InChI is InChI=1S/C38H45BN2/c1-9-11-13-15-24-40-32-18-17-19-33-36(32)39(30-22-20-28(26-34(30)40)37(3,4)5)31-23-21-29(38(6,7)8)27-35(31)41(33)25-16-14-12-10-2/h9-10,12,14-24,26-27H,1,11,13,25H2,2-8H3/b12-10-,16-14-,24-15+. The summed E-state index contributed by atoms with van der Waals surface area (Å²) in [6.45, 7) is 20.8. The van der Waals surface area contributed by atoms with Gasteiger partial charge in [-0.15, -0.1) is 6.58 Å². The van der Waals surface area contributed by atoms with Gasteiger partial charge in [-0.05, 0) is 82.4 Å². The number of fused-ring (bicyclic) bond motifs is 4. The Balaban J connectivity index is 1.77. The Bertz CT molecular complexity index is 1530. The summed E-state index contributed by atoms with van der Waals surface area (Å²) in [5.41, 5.74) is 12.2. The molecule has 0 radical (unpaired) electrons. The first-order valence-corrected chi connectivity index (χ1v) is 15.1. The van der Waals surface area contributed by atoms with Crippen LogP contribution < -0.4 is 26.2 Å². The minimum absolute atomic E-state index is 0.0670. The van der Waals surface area contributed by atoms with Crippen LogP contribution in [0.4, 0.5) is 22.7 Å². The molecule has 2 aliphatic heterocycles. The molecule has 5 rings (SSSR count). The SMILES string of the molecule is C=CCC/C=C/N1c2cc(C(C)(C)C)ccc2B2c3ccc(C(C)(C)C)cc3N(C/C=C\C=C/C)c3cccc1c32. The van der Waals surface area contributed by atoms with Crippen LogP contribution in [-0.2, 0) is 10.8 Å². The predicted molar refractivity (Wildman–Crippen MR) is 183 cm³/mol. The van der Waals surface area contributed by atoms with E-state index in [0.717, 1.165) is 19.4 Å². The van der Waals surface area contributed by atoms with Gasteiger partial charge in [0.1, 0.15) is 0 Å². The second kappa shape index (κ2) is 11.3. The monoisotopic (exact) mass is 540 g/mol. The lowest BCUT2D eigenvalue weighted by atomic mass is 9.33. The van der Waals surface area contributed by atoms with Gasteiger partial charge in [0.15, 0.2) is 0 Å². The van der Waals surface area contributed by atoms with E-state index in [2.05, 4.69) is 156 Å². The second-order valence-corrected chi connectivity index (χ2v) is 13.4. The number of rotatable bonds is 7. The van der Waals surface area contributed by atoms with Gasteiger partial charge in [-0.2, -0.15) is 0 Å². The largest absolute Gasteiger partial charge is 0.338 e. The fraction of sp³-hybridized carbons (Fsp3) is 0.316. The summed E-state index contributed by atoms with van der Waals surface area (Å²) in [4.78, 5) is 4.96. The molecule has 0 aromatic heterocycles. The maximum Gasteiger partial charge on any atom is 0.252 e. The molecule has 41 heavy (non-hydrogen) atoms. The minimum Gasteiger partial charge on any atom is -0.338 e. The quantitative estimate of drug-likeness (QED) is 0.129. The van der Waals surface area contributed by atoms with Gasteiger partial charge in [-0.25, -0.2) is 0 Å². The Kier molecular flexibility index (Phi) is 7.92. The van der Waals surface area contributed by atoms with E-state index in [1.54, 1.807) is 0 Å². The summed E-state index contributed by atoms with van der Waals surface area (Å²) < 4.78 is 0. The molecule has 0 bridgehead atoms. The molecular formula is C38H45BN2. The highest BCUT2D eigenvalue weighted by Gasteiger charge is 2.42. The van der Waals surface area contributed by atoms with Crippen molar-refractivity contribution in [3.8, 4) is 0 Å². The van der Waals surface area contributed by atoms with Crippen LogP contribution in [0.1, 0.15) is 72.4 Å². The Morgan fingerprint density at radius 1 is 0.732 bits per heavy atom. The molecule has 3 aromatic rings. The third kappa shape index (κ3) is 5.47. The normalized spacial score (nSPS) is 14.7. The highest BCUT2D eigenvalue weighted by atomic mass is 15.2. The summed E-state index contributed by atoms with van der Waals surface area (Å²) in [5, 5.41) is 0. The van der Waals surface area contributed by atoms with Crippen molar-refractivity contribution in [1.29, 1.82) is 0 Å². The molecule has 0 spiro atoms. The van der Waals surface area contributed by atoms with Crippen LogP contribution in [-0.4, -0.2) is 13.3 Å². The van der Waals surface area contributed by atoms with Gasteiger partial charge in [-0.3, -0.25) is 0 Å². The molecule has 0 saturated carbocycles. The number of hydrogen-bond acceptors (Lipinski definition) is 2. The number of unbranched alkanes of at least 4 members (excludes halogenated alkanes) is 1. The van der Waals surface area contributed by atoms with Crippen molar-refractivity contribution >= 4 is 45.9 Å². The molecule has 0 saturated heterocycles. The molecule has 2 nitrogen and oxygen atoms in total. The van der Waals surface area contributed by atoms with Gasteiger partial charge >= 0.3 is 0 Å². The number of benzene rings is 3. The minimum atomic E-state index is 0.0670. The Morgan fingerprint density at radius 3 is 2.00 bits per heavy atom. The summed E-state index contributed by atoms with van der Waals surface area (Å²) in [6.07, 6.45) is 17.1. The molecule has 0 N–H and O–H groups in total. The van der Waals surface area contributed by atoms with E-state index in [1.165, 1.54) is 50.3 Å². The number of nitrogens with zero attached hydrogens (tertiary/aromatic N) is 2. The summed E-state index contributed by atoms with van der Waals surface area (Å²) in [5.74, 6) is 0. The van der Waals surface area contributed by atoms with Crippen molar-refractivity contribution in [3.63, 3.8) is 0 Å². The Morgan fingerprint density at radius 2 is 1.37 bits per heavy atom. The van der Waals surface area contributed by atoms with E-state index in [9.17, 15) is 0 Å². The molecule has 0 aliphatic carbocycles. The van der Waals surface area contributed by atoms with Gasteiger partial charge in [0, 0.05) is 35.5 Å². The van der Waals surface area contributed by atoms with Crippen molar-refractivity contribution < 1.29 is 0 Å². The highest BCUT2D eigenvalue weighted by molar-refractivity contribution is 7.00. The average molecular weight is 541 g/mol. The van der Waals surface area contributed by atoms with Gasteiger partial charge < -0.3 is 9.80 Å². The third-order valence-electron chi connectivity index (χ3n) is 8.38. The zero-order valence-corrected chi connectivity index (χ0v) is 26.0. The molecule has 0 unspecified atom stereocenters. The van der Waals surface area contributed by atoms with Gasteiger partial charge in [-0.1, -0.05) is 108 Å². The Hall–Kier alpha value is -3.72. The van der Waals surface area contributed by atoms with Crippen LogP contribution in [0.5, 0.6) is 0 Å². The molecule has 0 atom stereocenters. The Labute approximate surface area is 248 Å². The zero-order chi connectivity index (χ0) is 29.4. The van der Waals surface area contributed by atoms with Crippen LogP contribution in [0.25, 0.3) is 0 Å². The lowest BCUT2D eigenvalue weighted by Gasteiger charge is -2.43. The third-order valence-corrected chi connectivity index (χ3v) is 8.38. The first-order chi connectivity index (χ1) is 19.6. The van der Waals surface area contributed by atoms with Crippen LogP contribution in [0.3, 0.4) is 0 Å². The molecule has 210 valence electrons. The van der Waals surface area contributed by atoms with Crippen LogP contribution in [0.15, 0.2) is 104 Å². The molecule has 3 aromatic carbocycles. The molecule has 0 fully saturated rings. The average Bonchev–Trinajstić information content (AvgIpc) is 2.93. The van der Waals surface area contributed by atoms with E-state index >= 15 is 0 Å². The zero-order valence-electron chi connectivity index (χ0n) is 26.0. The fourth-order valence-corrected chi connectivity index (χ4v) is 6.08. The second-order valence-electron chi connectivity index (χ2n) is 13.4. The number of hydrogen-bond donors (Lipinski definition) is 0. The number of anilines is 4. The van der Waals surface area contributed by atoms with Crippen molar-refractivity contribution in [3.05, 3.63) is 115 Å². The van der Waals surface area contributed by atoms with Crippen LogP contribution in [0, 0.1) is 0 Å². The van der Waals surface area contributed by atoms with Crippen molar-refractivity contribution in [2.45, 2.75) is 72.1 Å². The summed E-state index contributed by atoms with van der Waals surface area (Å²) in [7, 11) is 0. The molecular weight excluding hydrogens is 495 g/mol. The van der Waals surface area contributed by atoms with Gasteiger partial charge in [0.2, 0.25) is 0 Å². The van der Waals surface area contributed by atoms with Crippen LogP contribution >= 0.6 is 0 Å². The molecule has 2 heterocycles. The van der Waals surface area contributed by atoms with Crippen molar-refractivity contribution in [2.24, 2.45) is 0 Å². The molecule has 3 heteroatoms. The van der Waals surface area contributed by atoms with E-state index in [0.29, 0.717) is 0 Å². The van der Waals surface area contributed by atoms with E-state index in [4.69, 9.17) is 0 Å². The van der Waals surface area contributed by atoms with Crippen LogP contribution in [0.2, 0.25) is 0 Å². The van der Waals surface area contributed by atoms with Gasteiger partial charge in [0.25, 0.3) is 6.71 Å². The van der Waals surface area contributed by atoms with Crippen molar-refractivity contribution in [2.75, 3.05) is 16.3 Å². The lowest BCUT2D eigenvalue weighted by molar-refractivity contribution is 0.590. The fourth-order valence-electron chi connectivity index (χ4n) is 6.08. The van der Waals surface area contributed by atoms with E-state index in [-0.39, 0.29) is 17.5 Å². The molecule has 0 amide bonds. The maximum absolute atomic E-state index is 3.92. The van der Waals surface area contributed by atoms with E-state index in [1.807, 2.05) is 6.08 Å². The van der Waals surface area contributed by atoms with Gasteiger partial charge in [0.05, 0.1) is 0 Å². The van der Waals surface area contributed by atoms with Crippen molar-refractivity contribution in [1.82, 2.24) is 0 Å². The first-order valence-electron chi connectivity index (χ1n) is 15.1. The maximum atomic E-state index is 3.92. The highest BCUT2D eigenvalue weighted by Crippen LogP contribution is 2.40. The summed E-state index contributed by atoms with van der Waals surface area (Å²) >= 11 is 0. The smallest absolute Gasteiger partial charge is 0.252 e. The lowest BCUT2D eigenvalue weighted by Crippen LogP contribution is -2.62. The molecule has 2 aliphatic rings. The first kappa shape index (κ1) is 28.8. The summed E-state index contributed by atoms with van der Waals surface area (Å²) in [6, 6.07) is 21.2. The predicted octanol–water partition coefficient (Wildman–Crippen LogP) is 8.31. The van der Waals surface area contributed by atoms with E-state index < -0.39 is 0 Å². The number of allylic oxidation sites excluding steroid dienone is 5. The topological polar surface area (TPSA) is 6.48 Å².